The molecule has 0 aliphatic carbocycles. The van der Waals surface area contributed by atoms with Crippen molar-refractivity contribution >= 4 is 15.7 Å². The van der Waals surface area contributed by atoms with E-state index < -0.39 is 20.9 Å². The minimum atomic E-state index is -3.34. The van der Waals surface area contributed by atoms with Crippen LogP contribution in [0.1, 0.15) is 17.9 Å². The first kappa shape index (κ1) is 13.5. The molecule has 1 heterocycles. The van der Waals surface area contributed by atoms with Crippen LogP contribution in [0.2, 0.25) is 0 Å². The Bertz CT molecular complexity index is 710. The monoisotopic (exact) mass is 283 g/mol. The molecule has 0 aliphatic rings. The Morgan fingerprint density at radius 3 is 2.58 bits per heavy atom. The second-order valence-corrected chi connectivity index (χ2v) is 6.72. The van der Waals surface area contributed by atoms with Gasteiger partial charge in [0, 0.05) is 11.8 Å². The average molecular weight is 283 g/mol. The number of hydrogen-bond donors (Lipinski definition) is 2. The summed E-state index contributed by atoms with van der Waals surface area (Å²) in [6.45, 7) is 1.51. The lowest BCUT2D eigenvalue weighted by molar-refractivity contribution is 0.590. The predicted octanol–water partition coefficient (Wildman–Crippen LogP) is 1.90. The van der Waals surface area contributed by atoms with Crippen LogP contribution in [0.4, 0.5) is 10.2 Å². The van der Waals surface area contributed by atoms with Gasteiger partial charge in [-0.2, -0.15) is 5.10 Å². The van der Waals surface area contributed by atoms with E-state index in [2.05, 4.69) is 10.2 Å². The highest BCUT2D eigenvalue weighted by Gasteiger charge is 2.26. The van der Waals surface area contributed by atoms with E-state index in [4.69, 9.17) is 5.73 Å². The fourth-order valence-corrected chi connectivity index (χ4v) is 2.42. The van der Waals surface area contributed by atoms with Crippen molar-refractivity contribution in [1.82, 2.24) is 10.2 Å². The molecule has 5 nitrogen and oxygen atoms in total. The third kappa shape index (κ3) is 2.46. The van der Waals surface area contributed by atoms with Crippen LogP contribution in [0.25, 0.3) is 11.1 Å². The number of aromatic amines is 1. The lowest BCUT2D eigenvalue weighted by Gasteiger charge is -2.11. The van der Waals surface area contributed by atoms with Gasteiger partial charge in [0.1, 0.15) is 11.1 Å². The van der Waals surface area contributed by atoms with E-state index in [-0.39, 0.29) is 11.4 Å². The first-order valence-corrected chi connectivity index (χ1v) is 7.55. The van der Waals surface area contributed by atoms with Gasteiger partial charge in [-0.25, -0.2) is 12.8 Å². The summed E-state index contributed by atoms with van der Waals surface area (Å²) in [5.74, 6) is -0.395. The number of benzene rings is 1. The minimum absolute atomic E-state index is 0.0793. The Morgan fingerprint density at radius 1 is 1.37 bits per heavy atom. The standard InChI is InChI=1S/C12H14FN3O2S/c1-7(19(2,17)18)11-10(12(14)16-15-11)8-5-3-4-6-9(8)13/h3-7H,1-2H3,(H3,14,15,16). The third-order valence-electron chi connectivity index (χ3n) is 3.01. The van der Waals surface area contributed by atoms with Crippen LogP contribution in [0.15, 0.2) is 24.3 Å². The largest absolute Gasteiger partial charge is 0.382 e. The first-order chi connectivity index (χ1) is 8.82. The molecular formula is C12H14FN3O2S. The summed E-state index contributed by atoms with van der Waals surface area (Å²) < 4.78 is 37.1. The normalized spacial score (nSPS) is 13.4. The van der Waals surface area contributed by atoms with Crippen LogP contribution in [0, 0.1) is 5.82 Å². The molecule has 0 radical (unpaired) electrons. The number of rotatable bonds is 3. The zero-order valence-corrected chi connectivity index (χ0v) is 11.3. The highest BCUT2D eigenvalue weighted by atomic mass is 32.2. The number of hydrogen-bond acceptors (Lipinski definition) is 4. The van der Waals surface area contributed by atoms with Crippen LogP contribution in [-0.4, -0.2) is 24.9 Å². The molecule has 7 heteroatoms. The summed E-state index contributed by atoms with van der Waals surface area (Å²) in [6.07, 6.45) is 1.11. The predicted molar refractivity (Wildman–Crippen MR) is 71.7 cm³/mol. The van der Waals surface area contributed by atoms with Crippen molar-refractivity contribution in [3.8, 4) is 11.1 Å². The number of H-pyrrole nitrogens is 1. The molecule has 0 spiro atoms. The lowest BCUT2D eigenvalue weighted by Crippen LogP contribution is -2.09. The highest BCUT2D eigenvalue weighted by molar-refractivity contribution is 7.90. The Morgan fingerprint density at radius 2 is 2.00 bits per heavy atom. The Balaban J connectivity index is 2.66. The maximum atomic E-state index is 13.8. The summed E-state index contributed by atoms with van der Waals surface area (Å²) >= 11 is 0. The summed E-state index contributed by atoms with van der Waals surface area (Å²) in [4.78, 5) is 0. The molecule has 0 saturated carbocycles. The fraction of sp³-hybridized carbons (Fsp3) is 0.250. The van der Waals surface area contributed by atoms with Crippen molar-refractivity contribution in [2.75, 3.05) is 12.0 Å². The van der Waals surface area contributed by atoms with Gasteiger partial charge in [0.05, 0.1) is 11.3 Å². The Kier molecular flexibility index (Phi) is 3.32. The van der Waals surface area contributed by atoms with Gasteiger partial charge < -0.3 is 5.73 Å². The molecule has 1 aromatic carbocycles. The zero-order chi connectivity index (χ0) is 14.2. The van der Waals surface area contributed by atoms with E-state index in [1.54, 1.807) is 12.1 Å². The molecule has 19 heavy (non-hydrogen) atoms. The molecule has 0 bridgehead atoms. The van der Waals surface area contributed by atoms with Gasteiger partial charge in [0.2, 0.25) is 0 Å². The lowest BCUT2D eigenvalue weighted by atomic mass is 10.0. The number of nitrogens with zero attached hydrogens (tertiary/aromatic N) is 1. The minimum Gasteiger partial charge on any atom is -0.382 e. The number of nitrogens with one attached hydrogen (secondary N) is 1. The van der Waals surface area contributed by atoms with Crippen molar-refractivity contribution in [3.05, 3.63) is 35.8 Å². The molecule has 0 fully saturated rings. The maximum absolute atomic E-state index is 13.8. The molecule has 0 amide bonds. The first-order valence-electron chi connectivity index (χ1n) is 5.60. The maximum Gasteiger partial charge on any atom is 0.155 e. The van der Waals surface area contributed by atoms with E-state index in [0.717, 1.165) is 6.26 Å². The van der Waals surface area contributed by atoms with Crippen molar-refractivity contribution in [2.45, 2.75) is 12.2 Å². The molecule has 1 unspecified atom stereocenters. The van der Waals surface area contributed by atoms with Crippen molar-refractivity contribution in [3.63, 3.8) is 0 Å². The summed E-state index contributed by atoms with van der Waals surface area (Å²) in [6, 6.07) is 6.03. The zero-order valence-electron chi connectivity index (χ0n) is 10.5. The van der Waals surface area contributed by atoms with Gasteiger partial charge in [0.15, 0.2) is 15.7 Å². The summed E-state index contributed by atoms with van der Waals surface area (Å²) in [7, 11) is -3.34. The Labute approximate surface area is 110 Å². The van der Waals surface area contributed by atoms with E-state index in [9.17, 15) is 12.8 Å². The number of halogens is 1. The molecule has 3 N–H and O–H groups in total. The van der Waals surface area contributed by atoms with Crippen LogP contribution >= 0.6 is 0 Å². The molecule has 1 atom stereocenters. The van der Waals surface area contributed by atoms with Crippen LogP contribution in [-0.2, 0) is 9.84 Å². The molecule has 2 aromatic rings. The fourth-order valence-electron chi connectivity index (χ4n) is 1.83. The molecule has 0 saturated heterocycles. The van der Waals surface area contributed by atoms with E-state index >= 15 is 0 Å². The van der Waals surface area contributed by atoms with E-state index in [1.807, 2.05) is 0 Å². The van der Waals surface area contributed by atoms with E-state index in [0.29, 0.717) is 11.3 Å². The second-order valence-electron chi connectivity index (χ2n) is 4.35. The van der Waals surface area contributed by atoms with Gasteiger partial charge in [0.25, 0.3) is 0 Å². The molecule has 102 valence electrons. The number of nitrogen functional groups attached to an aromatic ring is 1. The quantitative estimate of drug-likeness (QED) is 0.900. The SMILES string of the molecule is CC(c1[nH]nc(N)c1-c1ccccc1F)S(C)(=O)=O. The molecule has 2 rings (SSSR count). The van der Waals surface area contributed by atoms with E-state index in [1.165, 1.54) is 19.1 Å². The number of nitrogens with two attached hydrogens (primary N) is 1. The van der Waals surface area contributed by atoms with Crippen LogP contribution in [0.5, 0.6) is 0 Å². The third-order valence-corrected chi connectivity index (χ3v) is 4.53. The van der Waals surface area contributed by atoms with Crippen molar-refractivity contribution in [1.29, 1.82) is 0 Å². The topological polar surface area (TPSA) is 88.8 Å². The van der Waals surface area contributed by atoms with Crippen molar-refractivity contribution < 1.29 is 12.8 Å². The number of anilines is 1. The van der Waals surface area contributed by atoms with Crippen molar-refractivity contribution in [2.24, 2.45) is 0 Å². The molecular weight excluding hydrogens is 269 g/mol. The molecule has 0 aliphatic heterocycles. The highest BCUT2D eigenvalue weighted by Crippen LogP contribution is 2.35. The van der Waals surface area contributed by atoms with Gasteiger partial charge in [-0.15, -0.1) is 0 Å². The van der Waals surface area contributed by atoms with Gasteiger partial charge in [-0.05, 0) is 13.0 Å². The van der Waals surface area contributed by atoms with Crippen LogP contribution < -0.4 is 5.73 Å². The molecule has 1 aromatic heterocycles. The van der Waals surface area contributed by atoms with Gasteiger partial charge >= 0.3 is 0 Å². The summed E-state index contributed by atoms with van der Waals surface area (Å²) in [5, 5.41) is 5.53. The average Bonchev–Trinajstić information content (AvgIpc) is 2.69. The van der Waals surface area contributed by atoms with Crippen LogP contribution in [0.3, 0.4) is 0 Å². The second kappa shape index (κ2) is 4.65. The number of sulfone groups is 1. The van der Waals surface area contributed by atoms with Gasteiger partial charge in [-0.3, -0.25) is 5.10 Å². The summed E-state index contributed by atoms with van der Waals surface area (Å²) in [5.41, 5.74) is 6.55. The smallest absolute Gasteiger partial charge is 0.155 e. The Hall–Kier alpha value is -1.89. The van der Waals surface area contributed by atoms with Gasteiger partial charge in [-0.1, -0.05) is 18.2 Å². The number of aromatic nitrogens is 2.